The first-order valence-corrected chi connectivity index (χ1v) is 13.2. The topological polar surface area (TPSA) is 3.24 Å². The third-order valence-corrected chi connectivity index (χ3v) is 8.75. The van der Waals surface area contributed by atoms with Crippen LogP contribution < -0.4 is 4.90 Å². The number of nitrogens with zero attached hydrogens (tertiary/aromatic N) is 1. The van der Waals surface area contributed by atoms with Crippen molar-refractivity contribution < 1.29 is 0 Å². The van der Waals surface area contributed by atoms with Crippen LogP contribution in [0.2, 0.25) is 0 Å². The fourth-order valence-electron chi connectivity index (χ4n) is 7.14. The highest BCUT2D eigenvalue weighted by Gasteiger charge is 2.38. The lowest BCUT2D eigenvalue weighted by atomic mass is 9.67. The molecule has 0 bridgehead atoms. The van der Waals surface area contributed by atoms with E-state index < -0.39 is 0 Å². The highest BCUT2D eigenvalue weighted by molar-refractivity contribution is 5.81. The zero-order valence-electron chi connectivity index (χ0n) is 20.1. The molecule has 8 rings (SSSR count). The summed E-state index contributed by atoms with van der Waals surface area (Å²) in [5.74, 6) is 1.37. The Balaban J connectivity index is 1.21. The maximum absolute atomic E-state index is 3.40. The minimum absolute atomic E-state index is 0.334. The molecule has 172 valence electrons. The Hall–Kier alpha value is -4.06. The predicted octanol–water partition coefficient (Wildman–Crippen LogP) is 8.28. The first-order chi connectivity index (χ1) is 17.9. The summed E-state index contributed by atoms with van der Waals surface area (Å²) in [7, 11) is 0. The summed E-state index contributed by atoms with van der Waals surface area (Å²) in [6, 6.07) is 18.5. The second kappa shape index (κ2) is 7.72. The van der Waals surface area contributed by atoms with Gasteiger partial charge in [0, 0.05) is 29.1 Å². The summed E-state index contributed by atoms with van der Waals surface area (Å²) in [5, 5.41) is 0. The Labute approximate surface area is 212 Å². The molecule has 0 saturated carbocycles. The molecule has 1 aliphatic heterocycles. The van der Waals surface area contributed by atoms with E-state index in [0.717, 1.165) is 12.8 Å². The highest BCUT2D eigenvalue weighted by atomic mass is 15.2. The van der Waals surface area contributed by atoms with Gasteiger partial charge >= 0.3 is 0 Å². The number of hydrogen-bond donors (Lipinski definition) is 0. The summed E-state index contributed by atoms with van der Waals surface area (Å²) in [5.41, 5.74) is 16.1. The summed E-state index contributed by atoms with van der Waals surface area (Å²) >= 11 is 0. The van der Waals surface area contributed by atoms with Gasteiger partial charge in [-0.05, 0) is 76.6 Å². The van der Waals surface area contributed by atoms with Crippen LogP contribution in [0.1, 0.15) is 29.9 Å². The maximum atomic E-state index is 3.40. The van der Waals surface area contributed by atoms with Crippen LogP contribution in [-0.4, -0.2) is 6.04 Å². The van der Waals surface area contributed by atoms with Crippen molar-refractivity contribution in [3.8, 4) is 0 Å². The lowest BCUT2D eigenvalue weighted by Crippen LogP contribution is -2.28. The fourth-order valence-corrected chi connectivity index (χ4v) is 7.14. The minimum atomic E-state index is 0.334. The molecule has 2 aromatic rings. The molecule has 1 nitrogen and oxygen atoms in total. The van der Waals surface area contributed by atoms with Gasteiger partial charge in [-0.2, -0.15) is 0 Å². The van der Waals surface area contributed by atoms with E-state index in [1.807, 2.05) is 0 Å². The van der Waals surface area contributed by atoms with E-state index in [9.17, 15) is 0 Å². The molecule has 5 aliphatic carbocycles. The number of anilines is 2. The van der Waals surface area contributed by atoms with Gasteiger partial charge in [0.25, 0.3) is 0 Å². The van der Waals surface area contributed by atoms with Crippen LogP contribution in [0.5, 0.6) is 0 Å². The van der Waals surface area contributed by atoms with Gasteiger partial charge < -0.3 is 4.90 Å². The Kier molecular flexibility index (Phi) is 4.32. The van der Waals surface area contributed by atoms with Crippen molar-refractivity contribution in [2.24, 2.45) is 11.8 Å². The van der Waals surface area contributed by atoms with Crippen molar-refractivity contribution in [1.29, 1.82) is 0 Å². The number of rotatable bonds is 2. The van der Waals surface area contributed by atoms with Crippen molar-refractivity contribution in [3.63, 3.8) is 0 Å². The van der Waals surface area contributed by atoms with Crippen LogP contribution in [0.15, 0.2) is 143 Å². The first kappa shape index (κ1) is 20.2. The van der Waals surface area contributed by atoms with Gasteiger partial charge in [0.1, 0.15) is 0 Å². The Morgan fingerprint density at radius 3 is 2.50 bits per heavy atom. The Bertz CT molecular complexity index is 1590. The van der Waals surface area contributed by atoms with E-state index in [2.05, 4.69) is 126 Å². The van der Waals surface area contributed by atoms with Crippen molar-refractivity contribution in [1.82, 2.24) is 0 Å². The standard InChI is InChI=1S/C35H27N/c1-2-12-27-26(11-1)28-15-8-16-29(28)33-22-24(19-20-30(27)33)23-9-7-10-25(21-23)36-34-17-5-3-13-31(34)32-14-4-6-18-35(32)36/h1-7,9-18,21-22,26-27,31,34H,19-20H2. The zero-order chi connectivity index (χ0) is 23.6. The van der Waals surface area contributed by atoms with E-state index in [1.54, 1.807) is 5.57 Å². The van der Waals surface area contributed by atoms with Crippen LogP contribution in [-0.2, 0) is 0 Å². The summed E-state index contributed by atoms with van der Waals surface area (Å²) in [6.45, 7) is 0. The quantitative estimate of drug-likeness (QED) is 0.407. The highest BCUT2D eigenvalue weighted by Crippen LogP contribution is 2.51. The molecule has 4 unspecified atom stereocenters. The second-order valence-corrected chi connectivity index (χ2v) is 10.5. The normalized spacial score (nSPS) is 28.2. The third kappa shape index (κ3) is 2.84. The molecule has 1 heterocycles. The van der Waals surface area contributed by atoms with Crippen LogP contribution in [0.4, 0.5) is 11.4 Å². The molecular formula is C35H27N. The maximum Gasteiger partial charge on any atom is 0.0629 e. The van der Waals surface area contributed by atoms with Crippen molar-refractivity contribution in [3.05, 3.63) is 155 Å². The molecule has 2 aromatic carbocycles. The number of benzene rings is 2. The van der Waals surface area contributed by atoms with Gasteiger partial charge in [0.2, 0.25) is 0 Å². The molecule has 1 heteroatoms. The number of para-hydroxylation sites is 1. The van der Waals surface area contributed by atoms with E-state index in [4.69, 9.17) is 0 Å². The molecular weight excluding hydrogens is 434 g/mol. The van der Waals surface area contributed by atoms with Crippen molar-refractivity contribution in [2.75, 3.05) is 4.90 Å². The molecule has 0 spiro atoms. The summed E-state index contributed by atoms with van der Waals surface area (Å²) in [4.78, 5) is 2.53. The number of allylic oxidation sites excluding steroid dienone is 13. The summed E-state index contributed by atoms with van der Waals surface area (Å²) < 4.78 is 0. The second-order valence-electron chi connectivity index (χ2n) is 10.5. The van der Waals surface area contributed by atoms with Gasteiger partial charge in [-0.25, -0.2) is 0 Å². The van der Waals surface area contributed by atoms with Gasteiger partial charge in [-0.15, -0.1) is 5.73 Å². The van der Waals surface area contributed by atoms with E-state index in [-0.39, 0.29) is 0 Å². The van der Waals surface area contributed by atoms with Crippen molar-refractivity contribution in [2.45, 2.75) is 24.8 Å². The SMILES string of the molecule is C1=CC2=C(C=1)C1C=CC=CC1C1=C2C=C(c2cccc(N3c4ccccc4C4C=CC=CC43)c2)CC1. The molecule has 0 amide bonds. The molecule has 0 radical (unpaired) electrons. The van der Waals surface area contributed by atoms with Crippen molar-refractivity contribution >= 4 is 16.9 Å². The van der Waals surface area contributed by atoms with Gasteiger partial charge in [0.05, 0.1) is 6.04 Å². The van der Waals surface area contributed by atoms with Crippen LogP contribution >= 0.6 is 0 Å². The average molecular weight is 462 g/mol. The molecule has 0 fully saturated rings. The largest absolute Gasteiger partial charge is 0.333 e. The number of fused-ring (bicyclic) bond motifs is 7. The lowest BCUT2D eigenvalue weighted by molar-refractivity contribution is 0.570. The first-order valence-electron chi connectivity index (χ1n) is 13.2. The summed E-state index contributed by atoms with van der Waals surface area (Å²) in [6.07, 6.45) is 27.4. The van der Waals surface area contributed by atoms with Gasteiger partial charge in [-0.1, -0.05) is 90.6 Å². The van der Waals surface area contributed by atoms with E-state index in [1.165, 1.54) is 44.8 Å². The molecule has 0 aromatic heterocycles. The van der Waals surface area contributed by atoms with E-state index >= 15 is 0 Å². The van der Waals surface area contributed by atoms with E-state index in [0.29, 0.717) is 23.8 Å². The fraction of sp³-hybridized carbons (Fsp3) is 0.171. The molecule has 36 heavy (non-hydrogen) atoms. The van der Waals surface area contributed by atoms with Crippen LogP contribution in [0.3, 0.4) is 0 Å². The minimum Gasteiger partial charge on any atom is -0.333 e. The molecule has 6 aliphatic rings. The van der Waals surface area contributed by atoms with Crippen LogP contribution in [0.25, 0.3) is 5.57 Å². The Morgan fingerprint density at radius 2 is 1.56 bits per heavy atom. The lowest BCUT2D eigenvalue weighted by Gasteiger charge is -2.36. The zero-order valence-corrected chi connectivity index (χ0v) is 20.1. The predicted molar refractivity (Wildman–Crippen MR) is 149 cm³/mol. The number of hydrogen-bond acceptors (Lipinski definition) is 1. The average Bonchev–Trinajstić information content (AvgIpc) is 3.57. The van der Waals surface area contributed by atoms with Crippen LogP contribution in [0, 0.1) is 11.8 Å². The third-order valence-electron chi connectivity index (χ3n) is 8.75. The monoisotopic (exact) mass is 461 g/mol. The smallest absolute Gasteiger partial charge is 0.0629 e. The Morgan fingerprint density at radius 1 is 0.722 bits per heavy atom. The molecule has 0 N–H and O–H groups in total. The molecule has 0 saturated heterocycles. The molecule has 4 atom stereocenters. The van der Waals surface area contributed by atoms with Gasteiger partial charge in [0.15, 0.2) is 0 Å². The van der Waals surface area contributed by atoms with Gasteiger partial charge in [-0.3, -0.25) is 0 Å².